The minimum Gasteiger partial charge on any atom is -0.490 e. The molecule has 1 rings (SSSR count). The van der Waals surface area contributed by atoms with Crippen LogP contribution in [-0.4, -0.2) is 17.3 Å². The van der Waals surface area contributed by atoms with Gasteiger partial charge >= 0.3 is 0 Å². The second kappa shape index (κ2) is 6.58. The molecule has 1 aromatic carbocycles. The number of halogens is 1. The highest BCUT2D eigenvalue weighted by Crippen LogP contribution is 2.27. The number of nitro benzene ring substituents is 1. The first-order valence-electron chi connectivity index (χ1n) is 5.67. The van der Waals surface area contributed by atoms with Crippen LogP contribution in [-0.2, 0) is 0 Å². The lowest BCUT2D eigenvalue weighted by Crippen LogP contribution is -2.13. The quantitative estimate of drug-likeness (QED) is 0.491. The normalized spacial score (nSPS) is 12.2. The Bertz CT molecular complexity index is 436. The molecule has 0 aliphatic heterocycles. The van der Waals surface area contributed by atoms with Crippen LogP contribution in [0, 0.1) is 28.8 Å². The number of hydrogen-bond donors (Lipinski definition) is 1. The van der Waals surface area contributed by atoms with Gasteiger partial charge in [0, 0.05) is 11.5 Å². The smallest absolute Gasteiger partial charge is 0.275 e. The van der Waals surface area contributed by atoms with Crippen LogP contribution in [0.3, 0.4) is 0 Å². The summed E-state index contributed by atoms with van der Waals surface area (Å²) in [6.45, 7) is 3.91. The molecule has 0 saturated carbocycles. The lowest BCUT2D eigenvalue weighted by atomic mass is 10.1. The molecule has 100 valence electrons. The summed E-state index contributed by atoms with van der Waals surface area (Å²) >= 11 is 4.17. The fourth-order valence-electron chi connectivity index (χ4n) is 1.46. The summed E-state index contributed by atoms with van der Waals surface area (Å²) < 4.78 is 19.0. The van der Waals surface area contributed by atoms with Crippen LogP contribution in [0.5, 0.6) is 5.75 Å². The number of rotatable bonds is 6. The van der Waals surface area contributed by atoms with Crippen molar-refractivity contribution in [3.05, 3.63) is 33.6 Å². The van der Waals surface area contributed by atoms with E-state index in [4.69, 9.17) is 4.74 Å². The van der Waals surface area contributed by atoms with Crippen LogP contribution < -0.4 is 4.74 Å². The van der Waals surface area contributed by atoms with Gasteiger partial charge in [0.15, 0.2) is 11.6 Å². The summed E-state index contributed by atoms with van der Waals surface area (Å²) in [5.74, 6) is 0.243. The van der Waals surface area contributed by atoms with E-state index >= 15 is 0 Å². The van der Waals surface area contributed by atoms with E-state index in [2.05, 4.69) is 12.6 Å². The maximum Gasteiger partial charge on any atom is 0.275 e. The van der Waals surface area contributed by atoms with E-state index in [1.165, 1.54) is 6.07 Å². The van der Waals surface area contributed by atoms with Crippen molar-refractivity contribution in [3.8, 4) is 5.75 Å². The molecule has 0 saturated heterocycles. The van der Waals surface area contributed by atoms with Gasteiger partial charge in [0.25, 0.3) is 5.69 Å². The standard InChI is InChI=1S/C12H16FNO3S/c1-3-9(7-18)6-17-12-4-8(2)11(14(15)16)5-10(12)13/h4-5,9,18H,3,6-7H2,1-2H3. The fourth-order valence-corrected chi connectivity index (χ4v) is 1.82. The minimum atomic E-state index is -0.707. The molecule has 0 aromatic heterocycles. The molecule has 0 aliphatic rings. The van der Waals surface area contributed by atoms with Crippen LogP contribution in [0.15, 0.2) is 12.1 Å². The number of nitrogens with zero attached hydrogens (tertiary/aromatic N) is 1. The van der Waals surface area contributed by atoms with Crippen molar-refractivity contribution in [2.45, 2.75) is 20.3 Å². The number of ether oxygens (including phenoxy) is 1. The molecule has 0 heterocycles. The zero-order valence-electron chi connectivity index (χ0n) is 10.4. The second-order valence-electron chi connectivity index (χ2n) is 4.09. The van der Waals surface area contributed by atoms with Gasteiger partial charge in [0.05, 0.1) is 17.6 Å². The molecular weight excluding hydrogens is 257 g/mol. The van der Waals surface area contributed by atoms with Crippen LogP contribution in [0.25, 0.3) is 0 Å². The van der Waals surface area contributed by atoms with E-state index < -0.39 is 10.7 Å². The van der Waals surface area contributed by atoms with Crippen LogP contribution >= 0.6 is 12.6 Å². The van der Waals surface area contributed by atoms with E-state index in [1.54, 1.807) is 6.92 Å². The topological polar surface area (TPSA) is 52.4 Å². The maximum atomic E-state index is 13.6. The van der Waals surface area contributed by atoms with Gasteiger partial charge in [0.2, 0.25) is 0 Å². The third-order valence-corrected chi connectivity index (χ3v) is 3.27. The molecule has 0 amide bonds. The molecule has 18 heavy (non-hydrogen) atoms. The molecule has 0 N–H and O–H groups in total. The maximum absolute atomic E-state index is 13.6. The largest absolute Gasteiger partial charge is 0.490 e. The second-order valence-corrected chi connectivity index (χ2v) is 4.46. The van der Waals surface area contributed by atoms with Crippen molar-refractivity contribution in [2.75, 3.05) is 12.4 Å². The zero-order valence-corrected chi connectivity index (χ0v) is 11.2. The molecule has 0 aliphatic carbocycles. The predicted molar refractivity (Wildman–Crippen MR) is 70.9 cm³/mol. The predicted octanol–water partition coefficient (Wildman–Crippen LogP) is 3.38. The Morgan fingerprint density at radius 1 is 1.56 bits per heavy atom. The van der Waals surface area contributed by atoms with Crippen molar-refractivity contribution in [2.24, 2.45) is 5.92 Å². The Morgan fingerprint density at radius 3 is 2.72 bits per heavy atom. The summed E-state index contributed by atoms with van der Waals surface area (Å²) in [6.07, 6.45) is 0.886. The SMILES string of the molecule is CCC(CS)COc1cc(C)c([N+](=O)[O-])cc1F. The Hall–Kier alpha value is -1.30. The number of aryl methyl sites for hydroxylation is 1. The van der Waals surface area contributed by atoms with Gasteiger partial charge in [-0.25, -0.2) is 4.39 Å². The summed E-state index contributed by atoms with van der Waals surface area (Å²) in [5, 5.41) is 10.6. The summed E-state index contributed by atoms with van der Waals surface area (Å²) in [5.41, 5.74) is 0.149. The lowest BCUT2D eigenvalue weighted by molar-refractivity contribution is -0.385. The molecule has 0 bridgehead atoms. The lowest BCUT2D eigenvalue weighted by Gasteiger charge is -2.14. The Morgan fingerprint density at radius 2 is 2.22 bits per heavy atom. The third kappa shape index (κ3) is 3.60. The molecular formula is C12H16FNO3S. The van der Waals surface area contributed by atoms with Gasteiger partial charge in [0.1, 0.15) is 0 Å². The first kappa shape index (κ1) is 14.8. The molecule has 0 fully saturated rings. The van der Waals surface area contributed by atoms with Crippen LogP contribution in [0.4, 0.5) is 10.1 Å². The summed E-state index contributed by atoms with van der Waals surface area (Å²) in [6, 6.07) is 2.25. The summed E-state index contributed by atoms with van der Waals surface area (Å²) in [4.78, 5) is 10.0. The number of benzene rings is 1. The van der Waals surface area contributed by atoms with Gasteiger partial charge in [-0.3, -0.25) is 10.1 Å². The molecule has 4 nitrogen and oxygen atoms in total. The average molecular weight is 273 g/mol. The zero-order chi connectivity index (χ0) is 13.7. The van der Waals surface area contributed by atoms with E-state index in [0.29, 0.717) is 17.9 Å². The molecule has 1 unspecified atom stereocenters. The van der Waals surface area contributed by atoms with Crippen molar-refractivity contribution in [3.63, 3.8) is 0 Å². The molecule has 0 spiro atoms. The Kier molecular flexibility index (Phi) is 5.40. The van der Waals surface area contributed by atoms with Gasteiger partial charge in [-0.1, -0.05) is 6.92 Å². The number of thiol groups is 1. The van der Waals surface area contributed by atoms with E-state index in [9.17, 15) is 14.5 Å². The molecule has 6 heteroatoms. The summed E-state index contributed by atoms with van der Waals surface area (Å²) in [7, 11) is 0. The molecule has 0 radical (unpaired) electrons. The van der Waals surface area contributed by atoms with E-state index in [1.807, 2.05) is 6.92 Å². The first-order valence-corrected chi connectivity index (χ1v) is 6.31. The Balaban J connectivity index is 2.85. The van der Waals surface area contributed by atoms with E-state index in [0.717, 1.165) is 12.5 Å². The highest BCUT2D eigenvalue weighted by atomic mass is 32.1. The van der Waals surface area contributed by atoms with Crippen molar-refractivity contribution >= 4 is 18.3 Å². The fraction of sp³-hybridized carbons (Fsp3) is 0.500. The van der Waals surface area contributed by atoms with Crippen LogP contribution in [0.1, 0.15) is 18.9 Å². The van der Waals surface area contributed by atoms with Crippen molar-refractivity contribution in [1.29, 1.82) is 0 Å². The van der Waals surface area contributed by atoms with Crippen molar-refractivity contribution < 1.29 is 14.1 Å². The third-order valence-electron chi connectivity index (χ3n) is 2.76. The van der Waals surface area contributed by atoms with Crippen LogP contribution in [0.2, 0.25) is 0 Å². The molecule has 1 atom stereocenters. The highest BCUT2D eigenvalue weighted by molar-refractivity contribution is 7.80. The number of hydrogen-bond acceptors (Lipinski definition) is 4. The first-order chi connectivity index (χ1) is 8.49. The van der Waals surface area contributed by atoms with Gasteiger partial charge in [-0.2, -0.15) is 12.6 Å². The average Bonchev–Trinajstić information content (AvgIpc) is 2.33. The van der Waals surface area contributed by atoms with Gasteiger partial charge in [-0.05, 0) is 25.2 Å². The Labute approximate surface area is 111 Å². The number of nitro groups is 1. The van der Waals surface area contributed by atoms with E-state index in [-0.39, 0.29) is 17.4 Å². The highest BCUT2D eigenvalue weighted by Gasteiger charge is 2.17. The monoisotopic (exact) mass is 273 g/mol. The molecule has 1 aromatic rings. The van der Waals surface area contributed by atoms with Gasteiger partial charge in [-0.15, -0.1) is 0 Å². The minimum absolute atomic E-state index is 0.0540. The van der Waals surface area contributed by atoms with Crippen molar-refractivity contribution in [1.82, 2.24) is 0 Å². The van der Waals surface area contributed by atoms with Gasteiger partial charge < -0.3 is 4.74 Å².